The summed E-state index contributed by atoms with van der Waals surface area (Å²) in [5.74, 6) is -0.378. The van der Waals surface area contributed by atoms with E-state index in [2.05, 4.69) is 10.6 Å². The van der Waals surface area contributed by atoms with E-state index in [9.17, 15) is 14.7 Å². The number of carbonyl (C=O) groups is 2. The molecule has 2 amide bonds. The molecule has 1 aromatic rings. The summed E-state index contributed by atoms with van der Waals surface area (Å²) in [6.45, 7) is 0.998. The molecule has 0 saturated carbocycles. The fourth-order valence-corrected chi connectivity index (χ4v) is 3.35. The fraction of sp³-hybridized carbons (Fsp3) is 0.500. The van der Waals surface area contributed by atoms with Gasteiger partial charge in [-0.1, -0.05) is 23.7 Å². The van der Waals surface area contributed by atoms with E-state index in [4.69, 9.17) is 11.6 Å². The normalized spacial score (nSPS) is 28.0. The molecular formula is C16H20ClN3O3. The molecule has 0 aromatic heterocycles. The van der Waals surface area contributed by atoms with Crippen LogP contribution in [0.4, 0.5) is 5.69 Å². The Balaban J connectivity index is 1.68. The quantitative estimate of drug-likeness (QED) is 0.757. The predicted octanol–water partition coefficient (Wildman–Crippen LogP) is 0.674. The Bertz CT molecular complexity index is 610. The average Bonchev–Trinajstić information content (AvgIpc) is 2.97. The number of nitrogens with one attached hydrogen (secondary N) is 2. The van der Waals surface area contributed by atoms with Gasteiger partial charge in [-0.25, -0.2) is 0 Å². The van der Waals surface area contributed by atoms with Gasteiger partial charge in [0.25, 0.3) is 0 Å². The van der Waals surface area contributed by atoms with Gasteiger partial charge in [0.15, 0.2) is 0 Å². The van der Waals surface area contributed by atoms with Gasteiger partial charge in [0.1, 0.15) is 6.04 Å². The molecule has 2 heterocycles. The van der Waals surface area contributed by atoms with Crippen molar-refractivity contribution in [2.24, 2.45) is 0 Å². The summed E-state index contributed by atoms with van der Waals surface area (Å²) in [5.41, 5.74) is 0.674. The molecule has 0 aliphatic carbocycles. The monoisotopic (exact) mass is 337 g/mol. The van der Waals surface area contributed by atoms with Crippen LogP contribution in [-0.2, 0) is 9.59 Å². The highest BCUT2D eigenvalue weighted by molar-refractivity contribution is 6.33. The van der Waals surface area contributed by atoms with Gasteiger partial charge >= 0.3 is 0 Å². The molecule has 7 heteroatoms. The predicted molar refractivity (Wildman–Crippen MR) is 87.4 cm³/mol. The van der Waals surface area contributed by atoms with Crippen molar-refractivity contribution in [3.05, 3.63) is 29.3 Å². The number of halogens is 1. The van der Waals surface area contributed by atoms with Crippen LogP contribution < -0.4 is 15.5 Å². The molecule has 0 radical (unpaired) electrons. The van der Waals surface area contributed by atoms with Gasteiger partial charge in [0.05, 0.1) is 22.9 Å². The number of nitrogens with zero attached hydrogens (tertiary/aromatic N) is 1. The largest absolute Gasteiger partial charge is 0.392 e. The number of rotatable bonds is 3. The molecule has 2 saturated heterocycles. The number of benzene rings is 1. The lowest BCUT2D eigenvalue weighted by Gasteiger charge is -2.33. The average molecular weight is 338 g/mol. The van der Waals surface area contributed by atoms with E-state index >= 15 is 0 Å². The number of amides is 2. The smallest absolute Gasteiger partial charge is 0.249 e. The molecule has 1 aromatic carbocycles. The molecule has 124 valence electrons. The van der Waals surface area contributed by atoms with Crippen LogP contribution in [0, 0.1) is 0 Å². The highest BCUT2D eigenvalue weighted by Gasteiger charge is 2.35. The highest BCUT2D eigenvalue weighted by atomic mass is 35.5. The van der Waals surface area contributed by atoms with Gasteiger partial charge in [0, 0.05) is 13.1 Å². The number of aliphatic hydroxyl groups excluding tert-OH is 1. The summed E-state index contributed by atoms with van der Waals surface area (Å²) >= 11 is 6.18. The Morgan fingerprint density at radius 3 is 2.87 bits per heavy atom. The van der Waals surface area contributed by atoms with Crippen LogP contribution in [-0.4, -0.2) is 48.2 Å². The maximum absolute atomic E-state index is 12.7. The summed E-state index contributed by atoms with van der Waals surface area (Å²) in [6, 6.07) is 6.22. The number of β-amino-alcohol motifs (C(OH)–C–C–N with tert-alkyl or cyclic N) is 1. The molecule has 2 aliphatic heterocycles. The third kappa shape index (κ3) is 3.49. The maximum Gasteiger partial charge on any atom is 0.249 e. The molecule has 3 rings (SSSR count). The second-order valence-electron chi connectivity index (χ2n) is 6.00. The minimum Gasteiger partial charge on any atom is -0.392 e. The third-order valence-electron chi connectivity index (χ3n) is 4.32. The van der Waals surface area contributed by atoms with Crippen LogP contribution in [0.2, 0.25) is 5.02 Å². The standard InChI is InChI=1S/C16H20ClN3O3/c17-11-4-1-2-6-14(11)20-7-3-5-12(16(20)23)19-15(22)13-8-10(21)9-18-13/h1-2,4,6,10,12-13,18,21H,3,5,7-9H2,(H,19,22)/t10-,12+,13-/m0/s1. The number of anilines is 1. The molecule has 0 bridgehead atoms. The zero-order valence-corrected chi connectivity index (χ0v) is 13.4. The molecule has 3 N–H and O–H groups in total. The molecular weight excluding hydrogens is 318 g/mol. The number of hydrogen-bond donors (Lipinski definition) is 3. The zero-order valence-electron chi connectivity index (χ0n) is 12.7. The van der Waals surface area contributed by atoms with Crippen molar-refractivity contribution in [3.8, 4) is 0 Å². The summed E-state index contributed by atoms with van der Waals surface area (Å²) in [6.07, 6.45) is 1.28. The molecule has 6 nitrogen and oxygen atoms in total. The second kappa shape index (κ2) is 6.86. The van der Waals surface area contributed by atoms with Gasteiger partial charge in [-0.2, -0.15) is 0 Å². The van der Waals surface area contributed by atoms with Crippen LogP contribution in [0.25, 0.3) is 0 Å². The Morgan fingerprint density at radius 1 is 1.39 bits per heavy atom. The van der Waals surface area contributed by atoms with Crippen molar-refractivity contribution in [1.82, 2.24) is 10.6 Å². The lowest BCUT2D eigenvalue weighted by atomic mass is 10.0. The van der Waals surface area contributed by atoms with Gasteiger partial charge < -0.3 is 20.6 Å². The third-order valence-corrected chi connectivity index (χ3v) is 4.64. The first-order valence-electron chi connectivity index (χ1n) is 7.84. The molecule has 23 heavy (non-hydrogen) atoms. The minimum atomic E-state index is -0.549. The first kappa shape index (κ1) is 16.2. The molecule has 0 unspecified atom stereocenters. The van der Waals surface area contributed by atoms with Crippen molar-refractivity contribution in [3.63, 3.8) is 0 Å². The van der Waals surface area contributed by atoms with Crippen LogP contribution in [0.3, 0.4) is 0 Å². The van der Waals surface area contributed by atoms with Crippen molar-refractivity contribution in [2.45, 2.75) is 37.5 Å². The maximum atomic E-state index is 12.7. The Labute approximate surface area is 139 Å². The summed E-state index contributed by atoms with van der Waals surface area (Å²) < 4.78 is 0. The summed E-state index contributed by atoms with van der Waals surface area (Å²) in [5, 5.41) is 15.8. The van der Waals surface area contributed by atoms with Crippen molar-refractivity contribution in [1.29, 1.82) is 0 Å². The van der Waals surface area contributed by atoms with Crippen LogP contribution in [0.15, 0.2) is 24.3 Å². The summed E-state index contributed by atoms with van der Waals surface area (Å²) in [4.78, 5) is 26.5. The molecule has 3 atom stereocenters. The van der Waals surface area contributed by atoms with Gasteiger partial charge in [-0.05, 0) is 31.4 Å². The van der Waals surface area contributed by atoms with Crippen LogP contribution in [0.5, 0.6) is 0 Å². The van der Waals surface area contributed by atoms with Gasteiger partial charge in [-0.15, -0.1) is 0 Å². The molecule has 2 fully saturated rings. The zero-order chi connectivity index (χ0) is 16.4. The van der Waals surface area contributed by atoms with Gasteiger partial charge in [-0.3, -0.25) is 9.59 Å². The number of para-hydroxylation sites is 1. The van der Waals surface area contributed by atoms with Gasteiger partial charge in [0.2, 0.25) is 11.8 Å². The highest BCUT2D eigenvalue weighted by Crippen LogP contribution is 2.28. The van der Waals surface area contributed by atoms with Crippen LogP contribution >= 0.6 is 11.6 Å². The summed E-state index contributed by atoms with van der Waals surface area (Å²) in [7, 11) is 0. The Morgan fingerprint density at radius 2 is 2.17 bits per heavy atom. The second-order valence-corrected chi connectivity index (χ2v) is 6.40. The van der Waals surface area contributed by atoms with Crippen LogP contribution in [0.1, 0.15) is 19.3 Å². The molecule has 0 spiro atoms. The van der Waals surface area contributed by atoms with E-state index in [1.165, 1.54) is 0 Å². The van der Waals surface area contributed by atoms with Crippen molar-refractivity contribution in [2.75, 3.05) is 18.0 Å². The van der Waals surface area contributed by atoms with Crippen molar-refractivity contribution >= 4 is 29.1 Å². The van der Waals surface area contributed by atoms with E-state index in [0.29, 0.717) is 36.6 Å². The lowest BCUT2D eigenvalue weighted by Crippen LogP contribution is -2.55. The SMILES string of the molecule is O=C(N[C@@H]1CCCN(c2ccccc2Cl)C1=O)[C@@H]1C[C@H](O)CN1. The first-order chi connectivity index (χ1) is 11.1. The number of piperidine rings is 1. The number of aliphatic hydroxyl groups is 1. The van der Waals surface area contributed by atoms with E-state index in [-0.39, 0.29) is 11.8 Å². The topological polar surface area (TPSA) is 81.7 Å². The van der Waals surface area contributed by atoms with Crippen molar-refractivity contribution < 1.29 is 14.7 Å². The van der Waals surface area contributed by atoms with E-state index in [1.54, 1.807) is 17.0 Å². The number of carbonyl (C=O) groups excluding carboxylic acids is 2. The molecule has 2 aliphatic rings. The fourth-order valence-electron chi connectivity index (χ4n) is 3.11. The van der Waals surface area contributed by atoms with E-state index < -0.39 is 18.2 Å². The number of hydrogen-bond acceptors (Lipinski definition) is 4. The Kier molecular flexibility index (Phi) is 4.84. The van der Waals surface area contributed by atoms with E-state index in [1.807, 2.05) is 12.1 Å². The first-order valence-corrected chi connectivity index (χ1v) is 8.22. The van der Waals surface area contributed by atoms with E-state index in [0.717, 1.165) is 6.42 Å². The minimum absolute atomic E-state index is 0.142. The lowest BCUT2D eigenvalue weighted by molar-refractivity contribution is -0.129. The Hall–Kier alpha value is -1.63.